The van der Waals surface area contributed by atoms with Gasteiger partial charge in [0.1, 0.15) is 0 Å². The number of nitrogens with one attached hydrogen (secondary N) is 2. The fourth-order valence-electron chi connectivity index (χ4n) is 3.68. The van der Waals surface area contributed by atoms with Gasteiger partial charge in [0.15, 0.2) is 0 Å². The zero-order valence-corrected chi connectivity index (χ0v) is 16.1. The molecule has 1 aliphatic rings. The number of aryl methyl sites for hydroxylation is 1. The fraction of sp³-hybridized carbons (Fsp3) is 0.476. The van der Waals surface area contributed by atoms with Crippen molar-refractivity contribution in [1.29, 1.82) is 0 Å². The highest BCUT2D eigenvalue weighted by molar-refractivity contribution is 5.86. The van der Waals surface area contributed by atoms with E-state index in [1.807, 2.05) is 48.9 Å². The van der Waals surface area contributed by atoms with Gasteiger partial charge in [-0.2, -0.15) is 5.10 Å². The van der Waals surface area contributed by atoms with Crippen LogP contribution in [0.2, 0.25) is 0 Å². The summed E-state index contributed by atoms with van der Waals surface area (Å²) in [6.07, 6.45) is 5.88. The number of amides is 2. The Labute approximate surface area is 160 Å². The third kappa shape index (κ3) is 4.96. The second kappa shape index (κ2) is 8.84. The van der Waals surface area contributed by atoms with Crippen LogP contribution in [-0.4, -0.2) is 34.2 Å². The second-order valence-corrected chi connectivity index (χ2v) is 7.25. The Balaban J connectivity index is 1.55. The smallest absolute Gasteiger partial charge is 0.239 e. The molecule has 2 N–H and O–H groups in total. The molecule has 3 rings (SSSR count). The van der Waals surface area contributed by atoms with E-state index in [0.29, 0.717) is 0 Å². The van der Waals surface area contributed by atoms with E-state index in [1.165, 1.54) is 19.3 Å². The number of rotatable bonds is 6. The lowest BCUT2D eigenvalue weighted by molar-refractivity contribution is -0.126. The van der Waals surface area contributed by atoms with E-state index in [1.54, 1.807) is 0 Å². The van der Waals surface area contributed by atoms with Crippen molar-refractivity contribution in [2.24, 2.45) is 0 Å². The largest absolute Gasteiger partial charge is 0.352 e. The number of benzene rings is 1. The Morgan fingerprint density at radius 1 is 1.07 bits per heavy atom. The Morgan fingerprint density at radius 2 is 1.78 bits per heavy atom. The average Bonchev–Trinajstić information content (AvgIpc) is 2.96. The normalized spacial score (nSPS) is 14.7. The molecule has 1 fully saturated rings. The van der Waals surface area contributed by atoms with Crippen molar-refractivity contribution in [1.82, 2.24) is 20.4 Å². The summed E-state index contributed by atoms with van der Waals surface area (Å²) >= 11 is 0. The maximum absolute atomic E-state index is 12.3. The maximum Gasteiger partial charge on any atom is 0.239 e. The predicted octanol–water partition coefficient (Wildman–Crippen LogP) is 2.60. The molecule has 144 valence electrons. The first kappa shape index (κ1) is 19.1. The van der Waals surface area contributed by atoms with Crippen molar-refractivity contribution in [2.45, 2.75) is 58.4 Å². The molecular formula is C21H28N4O2. The monoisotopic (exact) mass is 368 g/mol. The third-order valence-corrected chi connectivity index (χ3v) is 5.20. The quantitative estimate of drug-likeness (QED) is 0.823. The first-order chi connectivity index (χ1) is 13.0. The molecular weight excluding hydrogens is 340 g/mol. The van der Waals surface area contributed by atoms with Crippen LogP contribution in [0, 0.1) is 13.8 Å². The van der Waals surface area contributed by atoms with E-state index < -0.39 is 0 Å². The number of hydrogen-bond acceptors (Lipinski definition) is 3. The molecule has 1 aliphatic carbocycles. The van der Waals surface area contributed by atoms with Gasteiger partial charge in [0, 0.05) is 17.3 Å². The van der Waals surface area contributed by atoms with Crippen LogP contribution in [0.1, 0.15) is 49.1 Å². The van der Waals surface area contributed by atoms with Gasteiger partial charge >= 0.3 is 0 Å². The molecule has 1 saturated carbocycles. The van der Waals surface area contributed by atoms with Crippen LogP contribution < -0.4 is 10.6 Å². The highest BCUT2D eigenvalue weighted by atomic mass is 16.2. The Bertz CT molecular complexity index is 792. The molecule has 6 nitrogen and oxygen atoms in total. The van der Waals surface area contributed by atoms with Crippen molar-refractivity contribution in [3.63, 3.8) is 0 Å². The van der Waals surface area contributed by atoms with E-state index in [9.17, 15) is 9.59 Å². The van der Waals surface area contributed by atoms with Crippen molar-refractivity contribution in [2.75, 3.05) is 6.54 Å². The van der Waals surface area contributed by atoms with Crippen molar-refractivity contribution < 1.29 is 9.59 Å². The van der Waals surface area contributed by atoms with Crippen LogP contribution in [0.3, 0.4) is 0 Å². The van der Waals surface area contributed by atoms with Gasteiger partial charge in [0.25, 0.3) is 0 Å². The topological polar surface area (TPSA) is 76.0 Å². The summed E-state index contributed by atoms with van der Waals surface area (Å²) < 4.78 is 1.85. The summed E-state index contributed by atoms with van der Waals surface area (Å²) in [6, 6.07) is 10.1. The molecule has 0 bridgehead atoms. The second-order valence-electron chi connectivity index (χ2n) is 7.25. The Kier molecular flexibility index (Phi) is 6.27. The summed E-state index contributed by atoms with van der Waals surface area (Å²) in [6.45, 7) is 3.90. The van der Waals surface area contributed by atoms with E-state index in [4.69, 9.17) is 0 Å². The molecule has 1 heterocycles. The molecule has 1 aromatic carbocycles. The van der Waals surface area contributed by atoms with Crippen molar-refractivity contribution >= 4 is 11.8 Å². The van der Waals surface area contributed by atoms with E-state index in [-0.39, 0.29) is 30.8 Å². The minimum Gasteiger partial charge on any atom is -0.352 e. The van der Waals surface area contributed by atoms with Gasteiger partial charge in [-0.05, 0) is 38.8 Å². The molecule has 27 heavy (non-hydrogen) atoms. The first-order valence-electron chi connectivity index (χ1n) is 9.71. The molecule has 2 amide bonds. The van der Waals surface area contributed by atoms with E-state index in [2.05, 4.69) is 15.7 Å². The number of hydrogen-bond donors (Lipinski definition) is 2. The summed E-state index contributed by atoms with van der Waals surface area (Å²) in [5.74, 6) is -0.267. The molecule has 0 unspecified atom stereocenters. The van der Waals surface area contributed by atoms with E-state index in [0.717, 1.165) is 35.5 Å². The molecule has 1 aromatic heterocycles. The van der Waals surface area contributed by atoms with Crippen molar-refractivity contribution in [3.05, 3.63) is 47.3 Å². The zero-order chi connectivity index (χ0) is 19.2. The van der Waals surface area contributed by atoms with Crippen LogP contribution in [0.15, 0.2) is 30.3 Å². The fourth-order valence-corrected chi connectivity index (χ4v) is 3.68. The number of aromatic nitrogens is 2. The SMILES string of the molecule is Cc1nn(-c2ccccc2)c(C)c1CC(=O)NCC(=O)NC1CCCCC1. The molecule has 0 saturated heterocycles. The average molecular weight is 368 g/mol. The standard InChI is InChI=1S/C21H28N4O2/c1-15-19(16(2)25(24-15)18-11-7-4-8-12-18)13-20(26)22-14-21(27)23-17-9-5-3-6-10-17/h4,7-8,11-12,17H,3,5-6,9-10,13-14H2,1-2H3,(H,22,26)(H,23,27). The summed E-state index contributed by atoms with van der Waals surface area (Å²) in [7, 11) is 0. The highest BCUT2D eigenvalue weighted by Crippen LogP contribution is 2.18. The van der Waals surface area contributed by atoms with Crippen LogP contribution in [0.5, 0.6) is 0 Å². The molecule has 0 radical (unpaired) electrons. The molecule has 0 aliphatic heterocycles. The first-order valence-corrected chi connectivity index (χ1v) is 9.71. The number of nitrogens with zero attached hydrogens (tertiary/aromatic N) is 2. The van der Waals surface area contributed by atoms with E-state index >= 15 is 0 Å². The molecule has 0 spiro atoms. The van der Waals surface area contributed by atoms with Gasteiger partial charge in [-0.25, -0.2) is 4.68 Å². The highest BCUT2D eigenvalue weighted by Gasteiger charge is 2.18. The Morgan fingerprint density at radius 3 is 2.48 bits per heavy atom. The number of para-hydroxylation sites is 1. The van der Waals surface area contributed by atoms with Gasteiger partial charge in [-0.1, -0.05) is 37.5 Å². The number of carbonyl (C=O) groups is 2. The Hall–Kier alpha value is -2.63. The molecule has 2 aromatic rings. The van der Waals surface area contributed by atoms with Crippen molar-refractivity contribution in [3.8, 4) is 5.69 Å². The summed E-state index contributed by atoms with van der Waals surface area (Å²) in [4.78, 5) is 24.4. The number of carbonyl (C=O) groups excluding carboxylic acids is 2. The maximum atomic E-state index is 12.3. The van der Waals surface area contributed by atoms with Gasteiger partial charge < -0.3 is 10.6 Å². The summed E-state index contributed by atoms with van der Waals surface area (Å²) in [5.41, 5.74) is 3.65. The zero-order valence-electron chi connectivity index (χ0n) is 16.1. The molecule has 6 heteroatoms. The van der Waals surface area contributed by atoms with Gasteiger partial charge in [0.2, 0.25) is 11.8 Å². The molecule has 0 atom stereocenters. The lowest BCUT2D eigenvalue weighted by Crippen LogP contribution is -2.43. The van der Waals surface area contributed by atoms with Gasteiger partial charge in [-0.15, -0.1) is 0 Å². The lowest BCUT2D eigenvalue weighted by Gasteiger charge is -2.22. The summed E-state index contributed by atoms with van der Waals surface area (Å²) in [5, 5.41) is 10.3. The predicted molar refractivity (Wildman–Crippen MR) is 105 cm³/mol. The minimum atomic E-state index is -0.160. The van der Waals surface area contributed by atoms with Crippen LogP contribution in [-0.2, 0) is 16.0 Å². The van der Waals surface area contributed by atoms with Gasteiger partial charge in [0.05, 0.1) is 24.3 Å². The lowest BCUT2D eigenvalue weighted by atomic mass is 9.95. The van der Waals surface area contributed by atoms with Crippen LogP contribution in [0.25, 0.3) is 5.69 Å². The van der Waals surface area contributed by atoms with Crippen LogP contribution >= 0.6 is 0 Å². The third-order valence-electron chi connectivity index (χ3n) is 5.20. The minimum absolute atomic E-state index is 0.0280. The van der Waals surface area contributed by atoms with Gasteiger partial charge in [-0.3, -0.25) is 9.59 Å². The van der Waals surface area contributed by atoms with Crippen LogP contribution in [0.4, 0.5) is 0 Å².